The molecule has 1 aromatic rings. The largest absolute Gasteiger partial charge is 0.338 e. The average molecular weight is 217 g/mol. The van der Waals surface area contributed by atoms with E-state index in [4.69, 9.17) is 11.6 Å². The summed E-state index contributed by atoms with van der Waals surface area (Å²) < 4.78 is 0.446. The number of aryl methyl sites for hydroxylation is 1. The van der Waals surface area contributed by atoms with Crippen LogP contribution in [0.3, 0.4) is 0 Å². The number of amides is 1. The summed E-state index contributed by atoms with van der Waals surface area (Å²) in [5.74, 6) is 0.0770. The van der Waals surface area contributed by atoms with Gasteiger partial charge in [0.1, 0.15) is 4.88 Å². The first-order valence-corrected chi connectivity index (χ1v) is 5.30. The van der Waals surface area contributed by atoms with Gasteiger partial charge >= 0.3 is 0 Å². The van der Waals surface area contributed by atoms with E-state index >= 15 is 0 Å². The first-order chi connectivity index (χ1) is 6.18. The van der Waals surface area contributed by atoms with Crippen LogP contribution in [-0.2, 0) is 0 Å². The second kappa shape index (κ2) is 3.27. The zero-order chi connectivity index (χ0) is 9.42. The normalized spacial score (nSPS) is 15.7. The molecule has 1 aliphatic rings. The fourth-order valence-corrected chi connectivity index (χ4v) is 2.34. The molecular weight excluding hydrogens is 208 g/mol. The summed E-state index contributed by atoms with van der Waals surface area (Å²) in [5, 5.41) is 0. The van der Waals surface area contributed by atoms with E-state index in [0.717, 1.165) is 25.2 Å². The summed E-state index contributed by atoms with van der Waals surface area (Å²) in [6.45, 7) is 3.55. The van der Waals surface area contributed by atoms with E-state index in [-0.39, 0.29) is 5.91 Å². The average Bonchev–Trinajstić information content (AvgIpc) is 2.26. The zero-order valence-electron chi connectivity index (χ0n) is 7.21. The Hall–Kier alpha value is -0.610. The van der Waals surface area contributed by atoms with Crippen LogP contribution in [0.1, 0.15) is 21.8 Å². The van der Waals surface area contributed by atoms with Crippen LogP contribution in [-0.4, -0.2) is 28.9 Å². The molecule has 3 nitrogen and oxygen atoms in total. The van der Waals surface area contributed by atoms with Gasteiger partial charge in [0.15, 0.2) is 4.47 Å². The van der Waals surface area contributed by atoms with Crippen molar-refractivity contribution in [1.82, 2.24) is 9.88 Å². The molecular formula is C8H9ClN2OS. The molecule has 0 aromatic carbocycles. The number of likely N-dealkylation sites (tertiary alicyclic amines) is 1. The lowest BCUT2D eigenvalue weighted by molar-refractivity contribution is 0.0656. The highest BCUT2D eigenvalue weighted by Crippen LogP contribution is 2.25. The molecule has 0 atom stereocenters. The van der Waals surface area contributed by atoms with Crippen LogP contribution in [0.2, 0.25) is 4.47 Å². The van der Waals surface area contributed by atoms with Crippen LogP contribution in [0.25, 0.3) is 0 Å². The SMILES string of the molecule is Cc1nc(Cl)sc1C(=O)N1CCC1. The molecule has 5 heteroatoms. The minimum atomic E-state index is 0.0770. The van der Waals surface area contributed by atoms with Gasteiger partial charge in [-0.25, -0.2) is 4.98 Å². The van der Waals surface area contributed by atoms with Gasteiger partial charge in [-0.05, 0) is 13.3 Å². The molecule has 1 fully saturated rings. The molecule has 0 N–H and O–H groups in total. The number of nitrogens with zero attached hydrogens (tertiary/aromatic N) is 2. The van der Waals surface area contributed by atoms with Gasteiger partial charge in [0, 0.05) is 13.1 Å². The molecule has 13 heavy (non-hydrogen) atoms. The second-order valence-corrected chi connectivity index (χ2v) is 4.61. The fraction of sp³-hybridized carbons (Fsp3) is 0.500. The minimum Gasteiger partial charge on any atom is -0.338 e. The van der Waals surface area contributed by atoms with E-state index in [1.165, 1.54) is 11.3 Å². The van der Waals surface area contributed by atoms with Crippen molar-refractivity contribution < 1.29 is 4.79 Å². The number of thiazole rings is 1. The Morgan fingerprint density at radius 3 is 2.69 bits per heavy atom. The van der Waals surface area contributed by atoms with Crippen LogP contribution >= 0.6 is 22.9 Å². The molecule has 1 aliphatic heterocycles. The van der Waals surface area contributed by atoms with Gasteiger partial charge in [0.2, 0.25) is 0 Å². The molecule has 0 saturated carbocycles. The first-order valence-electron chi connectivity index (χ1n) is 4.10. The van der Waals surface area contributed by atoms with E-state index in [0.29, 0.717) is 9.34 Å². The Bertz CT molecular complexity index is 346. The third kappa shape index (κ3) is 1.56. The van der Waals surface area contributed by atoms with E-state index in [1.54, 1.807) is 0 Å². The van der Waals surface area contributed by atoms with Gasteiger partial charge in [0.05, 0.1) is 5.69 Å². The topological polar surface area (TPSA) is 33.2 Å². The number of halogens is 1. The van der Waals surface area contributed by atoms with Crippen LogP contribution in [0.15, 0.2) is 0 Å². The maximum Gasteiger partial charge on any atom is 0.265 e. The lowest BCUT2D eigenvalue weighted by Gasteiger charge is -2.30. The molecule has 0 bridgehead atoms. The highest BCUT2D eigenvalue weighted by molar-refractivity contribution is 7.17. The summed E-state index contributed by atoms with van der Waals surface area (Å²) in [7, 11) is 0. The standard InChI is InChI=1S/C8H9ClN2OS/c1-5-6(13-8(9)10-5)7(12)11-3-2-4-11/h2-4H2,1H3. The van der Waals surface area contributed by atoms with Gasteiger partial charge in [-0.1, -0.05) is 22.9 Å². The van der Waals surface area contributed by atoms with Crippen molar-refractivity contribution in [3.8, 4) is 0 Å². The summed E-state index contributed by atoms with van der Waals surface area (Å²) in [5.41, 5.74) is 0.743. The molecule has 0 aliphatic carbocycles. The minimum absolute atomic E-state index is 0.0770. The van der Waals surface area contributed by atoms with Gasteiger partial charge in [0.25, 0.3) is 5.91 Å². The van der Waals surface area contributed by atoms with Crippen molar-refractivity contribution in [2.45, 2.75) is 13.3 Å². The van der Waals surface area contributed by atoms with E-state index in [2.05, 4.69) is 4.98 Å². The number of aromatic nitrogens is 1. The number of carbonyl (C=O) groups excluding carboxylic acids is 1. The number of hydrogen-bond donors (Lipinski definition) is 0. The fourth-order valence-electron chi connectivity index (χ4n) is 1.22. The quantitative estimate of drug-likeness (QED) is 0.719. The zero-order valence-corrected chi connectivity index (χ0v) is 8.78. The number of carbonyl (C=O) groups is 1. The van der Waals surface area contributed by atoms with Crippen LogP contribution < -0.4 is 0 Å². The van der Waals surface area contributed by atoms with Gasteiger partial charge < -0.3 is 4.90 Å². The molecule has 2 rings (SSSR count). The van der Waals surface area contributed by atoms with Crippen molar-refractivity contribution in [3.63, 3.8) is 0 Å². The number of hydrogen-bond acceptors (Lipinski definition) is 3. The molecule has 2 heterocycles. The highest BCUT2D eigenvalue weighted by atomic mass is 35.5. The van der Waals surface area contributed by atoms with Crippen LogP contribution in [0.4, 0.5) is 0 Å². The Morgan fingerprint density at radius 1 is 1.62 bits per heavy atom. The van der Waals surface area contributed by atoms with Crippen molar-refractivity contribution in [3.05, 3.63) is 15.0 Å². The van der Waals surface area contributed by atoms with E-state index in [9.17, 15) is 4.79 Å². The van der Waals surface area contributed by atoms with Crippen molar-refractivity contribution in [2.24, 2.45) is 0 Å². The molecule has 0 radical (unpaired) electrons. The molecule has 0 spiro atoms. The number of rotatable bonds is 1. The Labute approximate surface area is 85.3 Å². The molecule has 0 unspecified atom stereocenters. The van der Waals surface area contributed by atoms with Gasteiger partial charge in [-0.2, -0.15) is 0 Å². The molecule has 1 aromatic heterocycles. The lowest BCUT2D eigenvalue weighted by Crippen LogP contribution is -2.41. The van der Waals surface area contributed by atoms with Crippen molar-refractivity contribution in [2.75, 3.05) is 13.1 Å². The second-order valence-electron chi connectivity index (χ2n) is 3.03. The Balaban J connectivity index is 2.23. The van der Waals surface area contributed by atoms with Gasteiger partial charge in [-0.15, -0.1) is 0 Å². The third-order valence-electron chi connectivity index (χ3n) is 2.11. The lowest BCUT2D eigenvalue weighted by atomic mass is 10.2. The summed E-state index contributed by atoms with van der Waals surface area (Å²) in [4.78, 5) is 18.2. The molecule has 70 valence electrons. The van der Waals surface area contributed by atoms with Crippen molar-refractivity contribution >= 4 is 28.8 Å². The maximum absolute atomic E-state index is 11.7. The Morgan fingerprint density at radius 2 is 2.31 bits per heavy atom. The predicted octanol–water partition coefficient (Wildman–Crippen LogP) is 1.95. The highest BCUT2D eigenvalue weighted by Gasteiger charge is 2.25. The summed E-state index contributed by atoms with van der Waals surface area (Å²) >= 11 is 6.98. The van der Waals surface area contributed by atoms with Crippen LogP contribution in [0.5, 0.6) is 0 Å². The molecule has 1 amide bonds. The summed E-state index contributed by atoms with van der Waals surface area (Å²) in [6.07, 6.45) is 1.11. The maximum atomic E-state index is 11.7. The van der Waals surface area contributed by atoms with Crippen LogP contribution in [0, 0.1) is 6.92 Å². The molecule has 1 saturated heterocycles. The third-order valence-corrected chi connectivity index (χ3v) is 3.36. The first kappa shape index (κ1) is 8.97. The van der Waals surface area contributed by atoms with Crippen molar-refractivity contribution in [1.29, 1.82) is 0 Å². The van der Waals surface area contributed by atoms with Gasteiger partial charge in [-0.3, -0.25) is 4.79 Å². The van der Waals surface area contributed by atoms with E-state index < -0.39 is 0 Å². The Kier molecular flexibility index (Phi) is 2.26. The predicted molar refractivity (Wildman–Crippen MR) is 52.4 cm³/mol. The smallest absolute Gasteiger partial charge is 0.265 e. The summed E-state index contributed by atoms with van der Waals surface area (Å²) in [6, 6.07) is 0. The van der Waals surface area contributed by atoms with E-state index in [1.807, 2.05) is 11.8 Å². The monoisotopic (exact) mass is 216 g/mol.